The van der Waals surface area contributed by atoms with Crippen LogP contribution in [0.3, 0.4) is 0 Å². The molecule has 2 rings (SSSR count). The summed E-state index contributed by atoms with van der Waals surface area (Å²) in [6.45, 7) is 0. The van der Waals surface area contributed by atoms with E-state index in [1.807, 2.05) is 6.07 Å². The Morgan fingerprint density at radius 2 is 2.24 bits per heavy atom. The first-order valence-corrected chi connectivity index (χ1v) is 4.60. The van der Waals surface area contributed by atoms with E-state index in [0.29, 0.717) is 5.52 Å². The van der Waals surface area contributed by atoms with Crippen molar-refractivity contribution in [2.75, 3.05) is 0 Å². The molecule has 7 heteroatoms. The molecule has 2 aromatic heterocycles. The van der Waals surface area contributed by atoms with Crippen LogP contribution in [0, 0.1) is 21.4 Å². The SMILES string of the molecule is Cn1c(=O)c([N+](=O)[O-])cc2nc(C#N)ccc21. The van der Waals surface area contributed by atoms with Gasteiger partial charge in [-0.2, -0.15) is 5.26 Å². The lowest BCUT2D eigenvalue weighted by Crippen LogP contribution is -2.20. The molecule has 0 N–H and O–H groups in total. The molecular weight excluding hydrogens is 224 g/mol. The molecule has 0 aromatic carbocycles. The van der Waals surface area contributed by atoms with Crippen molar-refractivity contribution in [3.63, 3.8) is 0 Å². The van der Waals surface area contributed by atoms with Crippen LogP contribution in [0.15, 0.2) is 23.0 Å². The van der Waals surface area contributed by atoms with Crippen LogP contribution in [-0.2, 0) is 7.05 Å². The third-order valence-corrected chi connectivity index (χ3v) is 2.37. The zero-order valence-corrected chi connectivity index (χ0v) is 8.75. The summed E-state index contributed by atoms with van der Waals surface area (Å²) in [5.74, 6) is 0. The maximum absolute atomic E-state index is 11.6. The van der Waals surface area contributed by atoms with Gasteiger partial charge in [-0.1, -0.05) is 0 Å². The second kappa shape index (κ2) is 3.68. The van der Waals surface area contributed by atoms with Gasteiger partial charge < -0.3 is 4.57 Å². The average Bonchev–Trinajstić information content (AvgIpc) is 2.32. The summed E-state index contributed by atoms with van der Waals surface area (Å²) in [6, 6.07) is 5.90. The second-order valence-corrected chi connectivity index (χ2v) is 3.36. The average molecular weight is 230 g/mol. The number of pyridine rings is 2. The molecule has 2 aromatic rings. The molecule has 0 aliphatic heterocycles. The minimum atomic E-state index is -0.761. The number of nitro groups is 1. The molecule has 2 heterocycles. The maximum atomic E-state index is 11.6. The van der Waals surface area contributed by atoms with Crippen LogP contribution >= 0.6 is 0 Å². The Bertz CT molecular complexity index is 727. The number of rotatable bonds is 1. The van der Waals surface area contributed by atoms with Crippen LogP contribution in [-0.4, -0.2) is 14.5 Å². The zero-order chi connectivity index (χ0) is 12.6. The summed E-state index contributed by atoms with van der Waals surface area (Å²) < 4.78 is 1.14. The van der Waals surface area contributed by atoms with Gasteiger partial charge in [-0.15, -0.1) is 0 Å². The van der Waals surface area contributed by atoms with E-state index in [1.165, 1.54) is 19.2 Å². The van der Waals surface area contributed by atoms with E-state index in [1.54, 1.807) is 0 Å². The summed E-state index contributed by atoms with van der Waals surface area (Å²) in [4.78, 5) is 25.4. The van der Waals surface area contributed by atoms with Gasteiger partial charge >= 0.3 is 11.2 Å². The van der Waals surface area contributed by atoms with Crippen molar-refractivity contribution >= 4 is 16.7 Å². The Balaban J connectivity index is 2.92. The van der Waals surface area contributed by atoms with Crippen LogP contribution in [0.25, 0.3) is 11.0 Å². The van der Waals surface area contributed by atoms with Gasteiger partial charge in [0.2, 0.25) is 0 Å². The molecule has 0 aliphatic carbocycles. The van der Waals surface area contributed by atoms with Gasteiger partial charge in [-0.05, 0) is 12.1 Å². The van der Waals surface area contributed by atoms with E-state index in [9.17, 15) is 14.9 Å². The van der Waals surface area contributed by atoms with Gasteiger partial charge in [0, 0.05) is 13.1 Å². The number of fused-ring (bicyclic) bond motifs is 1. The lowest BCUT2D eigenvalue weighted by molar-refractivity contribution is -0.386. The highest BCUT2D eigenvalue weighted by atomic mass is 16.6. The summed E-state index contributed by atoms with van der Waals surface area (Å²) in [7, 11) is 1.42. The molecule has 0 bridgehead atoms. The van der Waals surface area contributed by atoms with Crippen LogP contribution in [0.1, 0.15) is 5.69 Å². The van der Waals surface area contributed by atoms with E-state index in [2.05, 4.69) is 4.98 Å². The van der Waals surface area contributed by atoms with Gasteiger partial charge in [-0.3, -0.25) is 14.9 Å². The Morgan fingerprint density at radius 1 is 1.53 bits per heavy atom. The van der Waals surface area contributed by atoms with Crippen molar-refractivity contribution in [2.24, 2.45) is 7.05 Å². The number of aryl methyl sites for hydroxylation is 1. The quantitative estimate of drug-likeness (QED) is 0.530. The molecule has 0 radical (unpaired) electrons. The summed E-state index contributed by atoms with van der Waals surface area (Å²) in [6.07, 6.45) is 0. The van der Waals surface area contributed by atoms with Crippen LogP contribution in [0.5, 0.6) is 0 Å². The fraction of sp³-hybridized carbons (Fsp3) is 0.100. The molecule has 0 saturated carbocycles. The molecule has 84 valence electrons. The van der Waals surface area contributed by atoms with Crippen molar-refractivity contribution in [3.05, 3.63) is 44.4 Å². The topological polar surface area (TPSA) is 102 Å². The first kappa shape index (κ1) is 10.8. The molecular formula is C10H6N4O3. The highest BCUT2D eigenvalue weighted by molar-refractivity contribution is 5.77. The molecule has 0 fully saturated rings. The molecule has 7 nitrogen and oxygen atoms in total. The van der Waals surface area contributed by atoms with E-state index >= 15 is 0 Å². The standard InChI is InChI=1S/C10H6N4O3/c1-13-8-3-2-6(5-11)12-7(8)4-9(10(13)15)14(16)17/h2-4H,1H3. The Kier molecular flexibility index (Phi) is 2.33. The second-order valence-electron chi connectivity index (χ2n) is 3.36. The fourth-order valence-electron chi connectivity index (χ4n) is 1.52. The monoisotopic (exact) mass is 230 g/mol. The molecule has 0 aliphatic rings. The van der Waals surface area contributed by atoms with Crippen LogP contribution < -0.4 is 5.56 Å². The number of nitriles is 1. The molecule has 0 amide bonds. The van der Waals surface area contributed by atoms with Crippen molar-refractivity contribution in [3.8, 4) is 6.07 Å². The van der Waals surface area contributed by atoms with Crippen molar-refractivity contribution < 1.29 is 4.92 Å². The number of aromatic nitrogens is 2. The highest BCUT2D eigenvalue weighted by Crippen LogP contribution is 2.14. The molecule has 17 heavy (non-hydrogen) atoms. The minimum Gasteiger partial charge on any atom is -0.304 e. The summed E-state index contributed by atoms with van der Waals surface area (Å²) in [5, 5.41) is 19.4. The number of hydrogen-bond acceptors (Lipinski definition) is 5. The van der Waals surface area contributed by atoms with Gasteiger partial charge in [0.15, 0.2) is 0 Å². The molecule has 0 saturated heterocycles. The predicted molar refractivity (Wildman–Crippen MR) is 58.4 cm³/mol. The minimum absolute atomic E-state index is 0.144. The van der Waals surface area contributed by atoms with Crippen molar-refractivity contribution in [2.45, 2.75) is 0 Å². The number of nitrogens with zero attached hydrogens (tertiary/aromatic N) is 4. The molecule has 0 spiro atoms. The highest BCUT2D eigenvalue weighted by Gasteiger charge is 2.16. The van der Waals surface area contributed by atoms with Crippen LogP contribution in [0.4, 0.5) is 5.69 Å². The third-order valence-electron chi connectivity index (χ3n) is 2.37. The Labute approximate surface area is 94.7 Å². The lowest BCUT2D eigenvalue weighted by atomic mass is 10.2. The first-order valence-electron chi connectivity index (χ1n) is 4.60. The van der Waals surface area contributed by atoms with Crippen molar-refractivity contribution in [1.82, 2.24) is 9.55 Å². The Morgan fingerprint density at radius 3 is 2.82 bits per heavy atom. The van der Waals surface area contributed by atoms with Gasteiger partial charge in [0.25, 0.3) is 0 Å². The summed E-state index contributed by atoms with van der Waals surface area (Å²) >= 11 is 0. The molecule has 0 atom stereocenters. The smallest absolute Gasteiger partial charge is 0.304 e. The third kappa shape index (κ3) is 1.61. The summed E-state index contributed by atoms with van der Waals surface area (Å²) in [5.41, 5.74) is -0.417. The largest absolute Gasteiger partial charge is 0.336 e. The fourth-order valence-corrected chi connectivity index (χ4v) is 1.52. The van der Waals surface area contributed by atoms with E-state index in [-0.39, 0.29) is 11.2 Å². The van der Waals surface area contributed by atoms with E-state index in [0.717, 1.165) is 10.6 Å². The van der Waals surface area contributed by atoms with Crippen molar-refractivity contribution in [1.29, 1.82) is 5.26 Å². The maximum Gasteiger partial charge on any atom is 0.336 e. The Hall–Kier alpha value is -2.75. The van der Waals surface area contributed by atoms with E-state index < -0.39 is 16.2 Å². The molecule has 0 unspecified atom stereocenters. The first-order chi connectivity index (χ1) is 8.04. The predicted octanol–water partition coefficient (Wildman–Crippen LogP) is 0.713. The van der Waals surface area contributed by atoms with Gasteiger partial charge in [0.05, 0.1) is 16.0 Å². The number of hydrogen-bond donors (Lipinski definition) is 0. The van der Waals surface area contributed by atoms with Gasteiger partial charge in [-0.25, -0.2) is 4.98 Å². The van der Waals surface area contributed by atoms with E-state index in [4.69, 9.17) is 5.26 Å². The lowest BCUT2D eigenvalue weighted by Gasteiger charge is -2.03. The zero-order valence-electron chi connectivity index (χ0n) is 8.75. The normalized spacial score (nSPS) is 10.1. The van der Waals surface area contributed by atoms with Gasteiger partial charge in [0.1, 0.15) is 11.8 Å². The van der Waals surface area contributed by atoms with Crippen LogP contribution in [0.2, 0.25) is 0 Å².